The number of ether oxygens (including phenoxy) is 2. The van der Waals surface area contributed by atoms with Crippen molar-refractivity contribution in [2.75, 3.05) is 26.7 Å². The quantitative estimate of drug-likeness (QED) is 0.660. The second-order valence-corrected chi connectivity index (χ2v) is 7.88. The molecule has 1 N–H and O–H groups in total. The minimum absolute atomic E-state index is 0.0856. The molecule has 6 heteroatoms. The standard InChI is InChI=1S/C22H27BrN2O3/c1-16(28-18-11-9-17(23)10-12-18)22(26)24-15-20(25-13-5-6-14-25)19-7-3-4-8-21(19)27-2/h3-4,7-12,16,20H,5-6,13-15H2,1-2H3,(H,24,26)/t16-,20+/m0/s1. The number of halogens is 1. The second-order valence-electron chi connectivity index (χ2n) is 6.96. The number of hydrogen-bond donors (Lipinski definition) is 1. The van der Waals surface area contributed by atoms with Crippen LogP contribution in [0.1, 0.15) is 31.4 Å². The summed E-state index contributed by atoms with van der Waals surface area (Å²) >= 11 is 3.40. The maximum atomic E-state index is 12.6. The molecule has 3 rings (SSSR count). The fourth-order valence-corrected chi connectivity index (χ4v) is 3.81. The number of hydrogen-bond acceptors (Lipinski definition) is 4. The van der Waals surface area contributed by atoms with Gasteiger partial charge in [-0.15, -0.1) is 0 Å². The maximum Gasteiger partial charge on any atom is 0.260 e. The molecule has 0 spiro atoms. The van der Waals surface area contributed by atoms with Gasteiger partial charge in [0.25, 0.3) is 5.91 Å². The zero-order valence-corrected chi connectivity index (χ0v) is 17.9. The highest BCUT2D eigenvalue weighted by molar-refractivity contribution is 9.10. The zero-order valence-electron chi connectivity index (χ0n) is 16.4. The molecule has 1 heterocycles. The molecule has 0 saturated carbocycles. The van der Waals surface area contributed by atoms with Gasteiger partial charge in [0.15, 0.2) is 6.10 Å². The van der Waals surface area contributed by atoms with Crippen molar-refractivity contribution in [3.63, 3.8) is 0 Å². The number of amides is 1. The van der Waals surface area contributed by atoms with Gasteiger partial charge in [0.1, 0.15) is 11.5 Å². The molecule has 5 nitrogen and oxygen atoms in total. The van der Waals surface area contributed by atoms with Crippen molar-refractivity contribution in [3.05, 3.63) is 58.6 Å². The smallest absolute Gasteiger partial charge is 0.260 e. The Bertz CT molecular complexity index is 776. The topological polar surface area (TPSA) is 50.8 Å². The number of nitrogens with zero attached hydrogens (tertiary/aromatic N) is 1. The third kappa shape index (κ3) is 5.26. The number of carbonyl (C=O) groups is 1. The van der Waals surface area contributed by atoms with Crippen molar-refractivity contribution >= 4 is 21.8 Å². The van der Waals surface area contributed by atoms with Gasteiger partial charge < -0.3 is 14.8 Å². The minimum atomic E-state index is -0.571. The highest BCUT2D eigenvalue weighted by Crippen LogP contribution is 2.31. The van der Waals surface area contributed by atoms with E-state index in [1.165, 1.54) is 12.8 Å². The van der Waals surface area contributed by atoms with Crippen LogP contribution in [0.3, 0.4) is 0 Å². The summed E-state index contributed by atoms with van der Waals surface area (Å²) in [6.45, 7) is 4.35. The van der Waals surface area contributed by atoms with Crippen molar-refractivity contribution < 1.29 is 14.3 Å². The molecule has 0 unspecified atom stereocenters. The van der Waals surface area contributed by atoms with Gasteiger partial charge >= 0.3 is 0 Å². The summed E-state index contributed by atoms with van der Waals surface area (Å²) in [7, 11) is 1.69. The minimum Gasteiger partial charge on any atom is -0.496 e. The fourth-order valence-electron chi connectivity index (χ4n) is 3.54. The summed E-state index contributed by atoms with van der Waals surface area (Å²) in [6.07, 6.45) is 1.80. The predicted octanol–water partition coefficient (Wildman–Crippen LogP) is 4.18. The van der Waals surface area contributed by atoms with Crippen molar-refractivity contribution in [3.8, 4) is 11.5 Å². The normalized spacial score (nSPS) is 16.4. The summed E-state index contributed by atoms with van der Waals surface area (Å²) in [5.41, 5.74) is 1.11. The summed E-state index contributed by atoms with van der Waals surface area (Å²) in [5, 5.41) is 3.07. The van der Waals surface area contributed by atoms with Crippen LogP contribution in [0.15, 0.2) is 53.0 Å². The van der Waals surface area contributed by atoms with Crippen LogP contribution in [-0.2, 0) is 4.79 Å². The lowest BCUT2D eigenvalue weighted by atomic mass is 10.0. The van der Waals surface area contributed by atoms with Crippen molar-refractivity contribution in [1.82, 2.24) is 10.2 Å². The van der Waals surface area contributed by atoms with Gasteiger partial charge in [0.2, 0.25) is 0 Å². The van der Waals surface area contributed by atoms with Crippen LogP contribution < -0.4 is 14.8 Å². The Morgan fingerprint density at radius 3 is 2.50 bits per heavy atom. The summed E-state index contributed by atoms with van der Waals surface area (Å²) in [4.78, 5) is 15.0. The van der Waals surface area contributed by atoms with E-state index in [-0.39, 0.29) is 11.9 Å². The molecule has 0 aromatic heterocycles. The first kappa shape index (κ1) is 20.7. The van der Waals surface area contributed by atoms with Gasteiger partial charge in [-0.3, -0.25) is 9.69 Å². The third-order valence-corrected chi connectivity index (χ3v) is 5.57. The summed E-state index contributed by atoms with van der Waals surface area (Å²) in [6, 6.07) is 15.6. The SMILES string of the molecule is COc1ccccc1[C@@H](CNC(=O)[C@H](C)Oc1ccc(Br)cc1)N1CCCC1. The van der Waals surface area contributed by atoms with E-state index in [0.29, 0.717) is 12.3 Å². The van der Waals surface area contributed by atoms with Gasteiger partial charge in [0.05, 0.1) is 13.2 Å². The Morgan fingerprint density at radius 1 is 1.14 bits per heavy atom. The zero-order chi connectivity index (χ0) is 19.9. The largest absolute Gasteiger partial charge is 0.496 e. The average molecular weight is 447 g/mol. The lowest BCUT2D eigenvalue weighted by Gasteiger charge is -2.29. The lowest BCUT2D eigenvalue weighted by Crippen LogP contribution is -2.42. The molecule has 2 atom stereocenters. The van der Waals surface area contributed by atoms with Gasteiger partial charge in [-0.1, -0.05) is 34.1 Å². The molecular weight excluding hydrogens is 420 g/mol. The predicted molar refractivity (Wildman–Crippen MR) is 114 cm³/mol. The van der Waals surface area contributed by atoms with Crippen LogP contribution in [0, 0.1) is 0 Å². The Hall–Kier alpha value is -2.05. The number of benzene rings is 2. The first-order valence-corrected chi connectivity index (χ1v) is 10.4. The Kier molecular flexibility index (Phi) is 7.34. The van der Waals surface area contributed by atoms with Crippen molar-refractivity contribution in [1.29, 1.82) is 0 Å². The van der Waals surface area contributed by atoms with Crippen molar-refractivity contribution in [2.45, 2.75) is 31.9 Å². The molecule has 1 fully saturated rings. The Labute approximate surface area is 175 Å². The highest BCUT2D eigenvalue weighted by atomic mass is 79.9. The van der Waals surface area contributed by atoms with E-state index in [1.807, 2.05) is 42.5 Å². The van der Waals surface area contributed by atoms with Gasteiger partial charge in [-0.2, -0.15) is 0 Å². The van der Waals surface area contributed by atoms with E-state index in [4.69, 9.17) is 9.47 Å². The molecular formula is C22H27BrN2O3. The van der Waals surface area contributed by atoms with Crippen LogP contribution >= 0.6 is 15.9 Å². The van der Waals surface area contributed by atoms with E-state index < -0.39 is 6.10 Å². The molecule has 0 radical (unpaired) electrons. The van der Waals surface area contributed by atoms with Gasteiger partial charge in [-0.05, 0) is 63.2 Å². The van der Waals surface area contributed by atoms with E-state index in [1.54, 1.807) is 14.0 Å². The van der Waals surface area contributed by atoms with Crippen LogP contribution in [0.25, 0.3) is 0 Å². The van der Waals surface area contributed by atoms with E-state index in [2.05, 4.69) is 32.2 Å². The number of para-hydroxylation sites is 1. The van der Waals surface area contributed by atoms with Crippen LogP contribution in [0.5, 0.6) is 11.5 Å². The van der Waals surface area contributed by atoms with Crippen LogP contribution in [-0.4, -0.2) is 43.7 Å². The summed E-state index contributed by atoms with van der Waals surface area (Å²) < 4.78 is 12.3. The molecule has 28 heavy (non-hydrogen) atoms. The van der Waals surface area contributed by atoms with E-state index >= 15 is 0 Å². The summed E-state index contributed by atoms with van der Waals surface area (Å²) in [5.74, 6) is 1.40. The molecule has 0 aliphatic carbocycles. The second kappa shape index (κ2) is 9.94. The number of methoxy groups -OCH3 is 1. The van der Waals surface area contributed by atoms with Gasteiger partial charge in [-0.25, -0.2) is 0 Å². The number of nitrogens with one attached hydrogen (secondary N) is 1. The Balaban J connectivity index is 1.65. The number of carbonyl (C=O) groups excluding carboxylic acids is 1. The van der Waals surface area contributed by atoms with E-state index in [0.717, 1.165) is 28.9 Å². The van der Waals surface area contributed by atoms with Crippen LogP contribution in [0.2, 0.25) is 0 Å². The maximum absolute atomic E-state index is 12.6. The average Bonchev–Trinajstić information content (AvgIpc) is 3.24. The lowest BCUT2D eigenvalue weighted by molar-refractivity contribution is -0.127. The number of likely N-dealkylation sites (tertiary alicyclic amines) is 1. The number of rotatable bonds is 8. The third-order valence-electron chi connectivity index (χ3n) is 5.04. The van der Waals surface area contributed by atoms with Gasteiger partial charge in [0, 0.05) is 16.6 Å². The fraction of sp³-hybridized carbons (Fsp3) is 0.409. The first-order chi connectivity index (χ1) is 13.6. The molecule has 2 aromatic rings. The Morgan fingerprint density at radius 2 is 1.82 bits per heavy atom. The molecule has 2 aromatic carbocycles. The van der Waals surface area contributed by atoms with Crippen molar-refractivity contribution in [2.24, 2.45) is 0 Å². The molecule has 1 aliphatic rings. The first-order valence-electron chi connectivity index (χ1n) is 9.65. The molecule has 1 saturated heterocycles. The molecule has 0 bridgehead atoms. The van der Waals surface area contributed by atoms with E-state index in [9.17, 15) is 4.79 Å². The molecule has 1 aliphatic heterocycles. The molecule has 1 amide bonds. The highest BCUT2D eigenvalue weighted by Gasteiger charge is 2.27. The monoisotopic (exact) mass is 446 g/mol. The van der Waals surface area contributed by atoms with Crippen LogP contribution in [0.4, 0.5) is 0 Å². The molecule has 150 valence electrons.